The van der Waals surface area contributed by atoms with Crippen LogP contribution in [0.4, 0.5) is 10.1 Å². The van der Waals surface area contributed by atoms with Crippen molar-refractivity contribution in [2.45, 2.75) is 50.5 Å². The van der Waals surface area contributed by atoms with Gasteiger partial charge >= 0.3 is 0 Å². The third kappa shape index (κ3) is 4.03. The Morgan fingerprint density at radius 2 is 2.05 bits per heavy atom. The van der Waals surface area contributed by atoms with Crippen molar-refractivity contribution in [2.75, 3.05) is 11.5 Å². The summed E-state index contributed by atoms with van der Waals surface area (Å²) in [6.07, 6.45) is 5.26. The van der Waals surface area contributed by atoms with Crippen LogP contribution in [0, 0.1) is 11.7 Å². The van der Waals surface area contributed by atoms with Gasteiger partial charge in [-0.05, 0) is 38.7 Å². The number of nitrogen functional groups attached to an aromatic ring is 1. The Balaban J connectivity index is 2.05. The van der Waals surface area contributed by atoms with Crippen LogP contribution >= 0.6 is 11.8 Å². The van der Waals surface area contributed by atoms with E-state index < -0.39 is 0 Å². The topological polar surface area (TPSA) is 35.2 Å². The molecule has 2 nitrogen and oxygen atoms in total. The highest BCUT2D eigenvalue weighted by molar-refractivity contribution is 7.99. The molecule has 1 aliphatic carbocycles. The summed E-state index contributed by atoms with van der Waals surface area (Å²) in [4.78, 5) is 0.934. The van der Waals surface area contributed by atoms with Crippen molar-refractivity contribution in [2.24, 2.45) is 5.92 Å². The second-order valence-corrected chi connectivity index (χ2v) is 6.51. The molecule has 4 heteroatoms. The van der Waals surface area contributed by atoms with Gasteiger partial charge < -0.3 is 10.5 Å². The smallest absolute Gasteiger partial charge is 0.167 e. The minimum absolute atomic E-state index is 0.0363. The van der Waals surface area contributed by atoms with Crippen molar-refractivity contribution in [3.63, 3.8) is 0 Å². The Kier molecular flexibility index (Phi) is 4.97. The molecule has 106 valence electrons. The number of nitrogens with two attached hydrogens (primary N) is 1. The lowest BCUT2D eigenvalue weighted by molar-refractivity contribution is 0.230. The lowest BCUT2D eigenvalue weighted by Crippen LogP contribution is -2.08. The molecular formula is C15H22FNOS. The molecular weight excluding hydrogens is 261 g/mol. The third-order valence-corrected chi connectivity index (χ3v) is 4.68. The molecule has 2 N–H and O–H groups in total. The minimum Gasteiger partial charge on any atom is -0.488 e. The van der Waals surface area contributed by atoms with E-state index in [0.717, 1.165) is 16.6 Å². The quantitative estimate of drug-likeness (QED) is 0.639. The van der Waals surface area contributed by atoms with Crippen molar-refractivity contribution >= 4 is 17.4 Å². The zero-order valence-electron chi connectivity index (χ0n) is 11.6. The van der Waals surface area contributed by atoms with Crippen LogP contribution in [0.15, 0.2) is 17.0 Å². The summed E-state index contributed by atoms with van der Waals surface area (Å²) in [6, 6.07) is 3.11. The van der Waals surface area contributed by atoms with Gasteiger partial charge in [0.25, 0.3) is 0 Å². The molecule has 1 fully saturated rings. The van der Waals surface area contributed by atoms with E-state index in [2.05, 4.69) is 0 Å². The highest BCUT2D eigenvalue weighted by atomic mass is 32.2. The Morgan fingerprint density at radius 3 is 2.68 bits per heavy atom. The molecule has 0 saturated heterocycles. The van der Waals surface area contributed by atoms with Gasteiger partial charge in [-0.2, -0.15) is 0 Å². The molecule has 2 rings (SSSR count). The highest BCUT2D eigenvalue weighted by Crippen LogP contribution is 2.36. The summed E-state index contributed by atoms with van der Waals surface area (Å²) in [6.45, 7) is 3.78. The Bertz CT molecular complexity index is 430. The summed E-state index contributed by atoms with van der Waals surface area (Å²) >= 11 is 1.72. The summed E-state index contributed by atoms with van der Waals surface area (Å²) in [5.41, 5.74) is 6.40. The average molecular weight is 283 g/mol. The van der Waals surface area contributed by atoms with Gasteiger partial charge in [-0.15, -0.1) is 11.8 Å². The number of thioether (sulfide) groups is 1. The predicted molar refractivity (Wildman–Crippen MR) is 79.3 cm³/mol. The first kappa shape index (κ1) is 14.5. The molecule has 19 heavy (non-hydrogen) atoms. The van der Waals surface area contributed by atoms with Crippen LogP contribution in [-0.2, 0) is 0 Å². The van der Waals surface area contributed by atoms with Gasteiger partial charge in [-0.1, -0.05) is 12.8 Å². The van der Waals surface area contributed by atoms with Gasteiger partial charge in [0.05, 0.1) is 6.10 Å². The maximum absolute atomic E-state index is 13.7. The van der Waals surface area contributed by atoms with Crippen LogP contribution in [0.3, 0.4) is 0 Å². The lowest BCUT2D eigenvalue weighted by Gasteiger charge is -2.14. The monoisotopic (exact) mass is 283 g/mol. The predicted octanol–water partition coefficient (Wildman–Crippen LogP) is 4.48. The van der Waals surface area contributed by atoms with Crippen LogP contribution in [0.5, 0.6) is 5.75 Å². The molecule has 0 unspecified atom stereocenters. The van der Waals surface area contributed by atoms with Crippen LogP contribution in [-0.4, -0.2) is 11.9 Å². The maximum atomic E-state index is 13.7. The second-order valence-electron chi connectivity index (χ2n) is 5.45. The maximum Gasteiger partial charge on any atom is 0.167 e. The van der Waals surface area contributed by atoms with E-state index in [1.54, 1.807) is 17.8 Å². The van der Waals surface area contributed by atoms with E-state index in [1.165, 1.54) is 31.7 Å². The van der Waals surface area contributed by atoms with E-state index in [0.29, 0.717) is 11.4 Å². The number of halogens is 1. The number of hydrogen-bond acceptors (Lipinski definition) is 3. The zero-order valence-corrected chi connectivity index (χ0v) is 12.4. The van der Waals surface area contributed by atoms with Crippen LogP contribution in [0.25, 0.3) is 0 Å². The van der Waals surface area contributed by atoms with Gasteiger partial charge in [0.2, 0.25) is 0 Å². The molecule has 0 bridgehead atoms. The molecule has 0 radical (unpaired) electrons. The standard InChI is InChI=1S/C15H22FNOS/c1-10(2)18-14-8-15(13(17)7-12(14)16)19-9-11-5-3-4-6-11/h7-8,10-11H,3-6,9,17H2,1-2H3. The Morgan fingerprint density at radius 1 is 1.37 bits per heavy atom. The second kappa shape index (κ2) is 6.51. The van der Waals surface area contributed by atoms with E-state index in [9.17, 15) is 4.39 Å². The van der Waals surface area contributed by atoms with Crippen LogP contribution in [0.1, 0.15) is 39.5 Å². The molecule has 0 heterocycles. The zero-order chi connectivity index (χ0) is 13.8. The van der Waals surface area contributed by atoms with Gasteiger partial charge in [-0.25, -0.2) is 4.39 Å². The van der Waals surface area contributed by atoms with E-state index >= 15 is 0 Å². The fourth-order valence-corrected chi connectivity index (χ4v) is 3.57. The number of anilines is 1. The summed E-state index contributed by atoms with van der Waals surface area (Å²) in [5.74, 6) is 1.77. The SMILES string of the molecule is CC(C)Oc1cc(SCC2CCCC2)c(N)cc1F. The molecule has 0 amide bonds. The molecule has 1 aliphatic rings. The fraction of sp³-hybridized carbons (Fsp3) is 0.600. The van der Waals surface area contributed by atoms with Crippen molar-refractivity contribution in [3.8, 4) is 5.75 Å². The largest absolute Gasteiger partial charge is 0.488 e. The van der Waals surface area contributed by atoms with Gasteiger partial charge in [0, 0.05) is 22.4 Å². The normalized spacial score (nSPS) is 16.2. The number of ether oxygens (including phenoxy) is 1. The Labute approximate surface area is 118 Å². The molecule has 1 aromatic rings. The third-order valence-electron chi connectivity index (χ3n) is 3.38. The Hall–Kier alpha value is -0.900. The van der Waals surface area contributed by atoms with Crippen LogP contribution < -0.4 is 10.5 Å². The van der Waals surface area contributed by atoms with Crippen molar-refractivity contribution in [3.05, 3.63) is 17.9 Å². The highest BCUT2D eigenvalue weighted by Gasteiger charge is 2.17. The van der Waals surface area contributed by atoms with Gasteiger partial charge in [0.15, 0.2) is 11.6 Å². The van der Waals surface area contributed by atoms with E-state index in [4.69, 9.17) is 10.5 Å². The molecule has 0 spiro atoms. The van der Waals surface area contributed by atoms with Crippen molar-refractivity contribution < 1.29 is 9.13 Å². The first-order valence-electron chi connectivity index (χ1n) is 6.94. The van der Waals surface area contributed by atoms with Crippen molar-refractivity contribution in [1.29, 1.82) is 0 Å². The number of rotatable bonds is 5. The van der Waals surface area contributed by atoms with E-state index in [-0.39, 0.29) is 11.9 Å². The number of benzene rings is 1. The van der Waals surface area contributed by atoms with Gasteiger partial charge in [-0.3, -0.25) is 0 Å². The molecule has 1 aromatic carbocycles. The first-order chi connectivity index (χ1) is 9.06. The summed E-state index contributed by atoms with van der Waals surface area (Å²) in [7, 11) is 0. The average Bonchev–Trinajstić information content (AvgIpc) is 2.83. The van der Waals surface area contributed by atoms with Crippen LogP contribution in [0.2, 0.25) is 0 Å². The first-order valence-corrected chi connectivity index (χ1v) is 7.93. The fourth-order valence-electron chi connectivity index (χ4n) is 2.40. The molecule has 0 atom stereocenters. The number of hydrogen-bond donors (Lipinski definition) is 1. The molecule has 0 aromatic heterocycles. The molecule has 0 aliphatic heterocycles. The lowest BCUT2D eigenvalue weighted by atomic mass is 10.1. The van der Waals surface area contributed by atoms with E-state index in [1.807, 2.05) is 13.8 Å². The molecule has 1 saturated carbocycles. The summed E-state index contributed by atoms with van der Waals surface area (Å²) < 4.78 is 19.2. The van der Waals surface area contributed by atoms with Gasteiger partial charge in [0.1, 0.15) is 0 Å². The summed E-state index contributed by atoms with van der Waals surface area (Å²) in [5, 5.41) is 0. The van der Waals surface area contributed by atoms with Crippen molar-refractivity contribution in [1.82, 2.24) is 0 Å². The minimum atomic E-state index is -0.378.